The summed E-state index contributed by atoms with van der Waals surface area (Å²) in [4.78, 5) is 30.2. The van der Waals surface area contributed by atoms with Crippen LogP contribution < -0.4 is 5.32 Å². The number of nitrogens with one attached hydrogen (secondary N) is 1. The van der Waals surface area contributed by atoms with Crippen molar-refractivity contribution in [3.8, 4) is 0 Å². The molecule has 0 saturated carbocycles. The number of rotatable bonds is 4. The Kier molecular flexibility index (Phi) is 4.39. The quantitative estimate of drug-likeness (QED) is 0.875. The lowest BCUT2D eigenvalue weighted by molar-refractivity contribution is -0.131. The summed E-state index contributed by atoms with van der Waals surface area (Å²) in [6.07, 6.45) is 1.69. The van der Waals surface area contributed by atoms with Gasteiger partial charge < -0.3 is 10.2 Å². The molecule has 1 atom stereocenters. The highest BCUT2D eigenvalue weighted by Gasteiger charge is 2.27. The van der Waals surface area contributed by atoms with Crippen LogP contribution in [0.4, 0.5) is 0 Å². The Morgan fingerprint density at radius 1 is 1.27 bits per heavy atom. The molecule has 0 bridgehead atoms. The fourth-order valence-corrected chi connectivity index (χ4v) is 2.03. The number of aromatic nitrogens is 4. The minimum atomic E-state index is -0.617. The predicted octanol–water partition coefficient (Wildman–Crippen LogP) is 0.275. The maximum absolute atomic E-state index is 12.4. The molecule has 1 N–H and O–H groups in total. The summed E-state index contributed by atoms with van der Waals surface area (Å²) in [7, 11) is 3.31. The second kappa shape index (κ2) is 6.08. The smallest absolute Gasteiger partial charge is 0.290 e. The Balaban J connectivity index is 2.28. The van der Waals surface area contributed by atoms with Crippen molar-refractivity contribution in [1.82, 2.24) is 29.8 Å². The summed E-state index contributed by atoms with van der Waals surface area (Å²) >= 11 is 0. The normalized spacial score (nSPS) is 12.5. The van der Waals surface area contributed by atoms with Crippen LogP contribution in [0.15, 0.2) is 12.3 Å². The van der Waals surface area contributed by atoms with E-state index in [1.54, 1.807) is 26.4 Å². The molecular weight excluding hydrogens is 284 g/mol. The van der Waals surface area contributed by atoms with E-state index in [0.29, 0.717) is 5.78 Å². The van der Waals surface area contributed by atoms with E-state index in [0.717, 1.165) is 5.69 Å². The van der Waals surface area contributed by atoms with Gasteiger partial charge in [0.15, 0.2) is 0 Å². The van der Waals surface area contributed by atoms with E-state index in [1.165, 1.54) is 9.30 Å². The van der Waals surface area contributed by atoms with E-state index >= 15 is 0 Å². The van der Waals surface area contributed by atoms with Crippen LogP contribution in [0.1, 0.15) is 30.2 Å². The second-order valence-corrected chi connectivity index (χ2v) is 5.69. The van der Waals surface area contributed by atoms with Crippen molar-refractivity contribution in [2.45, 2.75) is 26.8 Å². The van der Waals surface area contributed by atoms with Gasteiger partial charge in [-0.1, -0.05) is 13.8 Å². The van der Waals surface area contributed by atoms with Gasteiger partial charge in [-0.2, -0.15) is 0 Å². The SMILES string of the molecule is Cc1ccn2c(C(=O)N[C@H](C(=O)N(C)C)C(C)C)nnc2n1. The molecule has 2 aromatic rings. The first kappa shape index (κ1) is 15.9. The number of aryl methyl sites for hydroxylation is 1. The monoisotopic (exact) mass is 304 g/mol. The van der Waals surface area contributed by atoms with E-state index in [4.69, 9.17) is 0 Å². The first-order chi connectivity index (χ1) is 10.3. The van der Waals surface area contributed by atoms with Crippen LogP contribution in [0, 0.1) is 12.8 Å². The van der Waals surface area contributed by atoms with Gasteiger partial charge in [-0.25, -0.2) is 4.98 Å². The lowest BCUT2D eigenvalue weighted by atomic mass is 10.0. The third kappa shape index (κ3) is 3.05. The summed E-state index contributed by atoms with van der Waals surface area (Å²) in [6.45, 7) is 5.58. The minimum Gasteiger partial charge on any atom is -0.347 e. The summed E-state index contributed by atoms with van der Waals surface area (Å²) in [5.74, 6) is -0.193. The number of hydrogen-bond acceptors (Lipinski definition) is 5. The van der Waals surface area contributed by atoms with Crippen LogP contribution >= 0.6 is 0 Å². The molecule has 0 fully saturated rings. The van der Waals surface area contributed by atoms with E-state index in [9.17, 15) is 9.59 Å². The Bertz CT molecular complexity index is 706. The molecule has 0 radical (unpaired) electrons. The predicted molar refractivity (Wildman–Crippen MR) is 80.3 cm³/mol. The van der Waals surface area contributed by atoms with Crippen molar-refractivity contribution < 1.29 is 9.59 Å². The van der Waals surface area contributed by atoms with Crippen molar-refractivity contribution in [3.05, 3.63) is 23.8 Å². The Labute approximate surface area is 128 Å². The molecule has 2 heterocycles. The lowest BCUT2D eigenvalue weighted by Gasteiger charge is -2.24. The largest absolute Gasteiger partial charge is 0.347 e. The average Bonchev–Trinajstić information content (AvgIpc) is 2.86. The zero-order valence-corrected chi connectivity index (χ0v) is 13.4. The highest BCUT2D eigenvalue weighted by molar-refractivity contribution is 5.95. The molecule has 0 aliphatic heterocycles. The maximum Gasteiger partial charge on any atom is 0.290 e. The molecule has 118 valence electrons. The van der Waals surface area contributed by atoms with Gasteiger partial charge in [-0.05, 0) is 18.9 Å². The molecule has 0 spiro atoms. The Hall–Kier alpha value is -2.51. The molecule has 0 aliphatic rings. The van der Waals surface area contributed by atoms with Crippen LogP contribution in [-0.4, -0.2) is 56.4 Å². The fraction of sp³-hybridized carbons (Fsp3) is 0.500. The number of hydrogen-bond donors (Lipinski definition) is 1. The summed E-state index contributed by atoms with van der Waals surface area (Å²) in [6, 6.07) is 1.14. The summed E-state index contributed by atoms with van der Waals surface area (Å²) < 4.78 is 1.50. The molecule has 0 aromatic carbocycles. The van der Waals surface area contributed by atoms with Crippen molar-refractivity contribution in [1.29, 1.82) is 0 Å². The third-order valence-corrected chi connectivity index (χ3v) is 3.28. The zero-order chi connectivity index (χ0) is 16.4. The van der Waals surface area contributed by atoms with Crippen molar-refractivity contribution in [3.63, 3.8) is 0 Å². The van der Waals surface area contributed by atoms with Crippen molar-refractivity contribution in [2.75, 3.05) is 14.1 Å². The molecule has 0 unspecified atom stereocenters. The van der Waals surface area contributed by atoms with Crippen LogP contribution in [0.5, 0.6) is 0 Å². The van der Waals surface area contributed by atoms with Crippen molar-refractivity contribution in [2.24, 2.45) is 5.92 Å². The van der Waals surface area contributed by atoms with Gasteiger partial charge >= 0.3 is 0 Å². The van der Waals surface area contributed by atoms with Gasteiger partial charge in [0.05, 0.1) is 0 Å². The van der Waals surface area contributed by atoms with Gasteiger partial charge in [0.1, 0.15) is 6.04 Å². The molecule has 0 saturated heterocycles. The first-order valence-corrected chi connectivity index (χ1v) is 7.01. The van der Waals surface area contributed by atoms with E-state index in [2.05, 4.69) is 20.5 Å². The van der Waals surface area contributed by atoms with Crippen LogP contribution in [0.2, 0.25) is 0 Å². The van der Waals surface area contributed by atoms with Gasteiger partial charge in [0.25, 0.3) is 11.7 Å². The average molecular weight is 304 g/mol. The van der Waals surface area contributed by atoms with Gasteiger partial charge in [-0.15, -0.1) is 10.2 Å². The van der Waals surface area contributed by atoms with E-state index in [1.807, 2.05) is 20.8 Å². The Morgan fingerprint density at radius 2 is 1.95 bits per heavy atom. The third-order valence-electron chi connectivity index (χ3n) is 3.28. The highest BCUT2D eigenvalue weighted by atomic mass is 16.2. The second-order valence-electron chi connectivity index (χ2n) is 5.69. The van der Waals surface area contributed by atoms with Gasteiger partial charge in [0.2, 0.25) is 11.7 Å². The van der Waals surface area contributed by atoms with Crippen molar-refractivity contribution >= 4 is 17.6 Å². The van der Waals surface area contributed by atoms with Gasteiger partial charge in [-0.3, -0.25) is 14.0 Å². The van der Waals surface area contributed by atoms with Crippen LogP contribution in [-0.2, 0) is 4.79 Å². The van der Waals surface area contributed by atoms with Gasteiger partial charge in [0, 0.05) is 26.0 Å². The topological polar surface area (TPSA) is 92.5 Å². The molecule has 22 heavy (non-hydrogen) atoms. The number of carbonyl (C=O) groups is 2. The summed E-state index contributed by atoms with van der Waals surface area (Å²) in [5.41, 5.74) is 0.787. The number of amides is 2. The number of fused-ring (bicyclic) bond motifs is 1. The number of nitrogens with zero attached hydrogens (tertiary/aromatic N) is 5. The Morgan fingerprint density at radius 3 is 2.55 bits per heavy atom. The zero-order valence-electron chi connectivity index (χ0n) is 13.4. The molecular formula is C14H20N6O2. The van der Waals surface area contributed by atoms with Crippen LogP contribution in [0.25, 0.3) is 5.78 Å². The molecule has 8 heteroatoms. The van der Waals surface area contributed by atoms with E-state index in [-0.39, 0.29) is 17.6 Å². The van der Waals surface area contributed by atoms with Crippen LogP contribution in [0.3, 0.4) is 0 Å². The highest BCUT2D eigenvalue weighted by Crippen LogP contribution is 2.07. The molecule has 0 aliphatic carbocycles. The fourth-order valence-electron chi connectivity index (χ4n) is 2.03. The summed E-state index contributed by atoms with van der Waals surface area (Å²) in [5, 5.41) is 10.5. The minimum absolute atomic E-state index is 0.0431. The first-order valence-electron chi connectivity index (χ1n) is 7.01. The lowest BCUT2D eigenvalue weighted by Crippen LogP contribution is -2.49. The van der Waals surface area contributed by atoms with E-state index < -0.39 is 11.9 Å². The molecule has 2 aromatic heterocycles. The molecule has 8 nitrogen and oxygen atoms in total. The number of likely N-dealkylation sites (N-methyl/N-ethyl adjacent to an activating group) is 1. The maximum atomic E-state index is 12.4. The number of carbonyl (C=O) groups excluding carboxylic acids is 2. The standard InChI is InChI=1S/C14H20N6O2/c1-8(2)10(13(22)19(4)5)16-12(21)11-17-18-14-15-9(3)6-7-20(11)14/h6-8,10H,1-5H3,(H,16,21)/t10-/m0/s1. The molecule has 2 rings (SSSR count). The molecule has 2 amide bonds.